The second kappa shape index (κ2) is 4.62. The van der Waals surface area contributed by atoms with Gasteiger partial charge in [-0.25, -0.2) is 4.39 Å². The van der Waals surface area contributed by atoms with Crippen LogP contribution in [0.3, 0.4) is 0 Å². The van der Waals surface area contributed by atoms with Crippen LogP contribution in [0.2, 0.25) is 0 Å². The lowest BCUT2D eigenvalue weighted by molar-refractivity contribution is -0.385. The SMILES string of the molecule is O=C(Nc1cn[nH]c1)c1cc(F)ccc1[N+](=O)[O-]. The molecule has 0 radical (unpaired) electrons. The van der Waals surface area contributed by atoms with Gasteiger partial charge in [0.2, 0.25) is 0 Å². The van der Waals surface area contributed by atoms with Gasteiger partial charge in [0.25, 0.3) is 11.6 Å². The molecule has 0 saturated carbocycles. The van der Waals surface area contributed by atoms with E-state index in [1.165, 1.54) is 12.4 Å². The van der Waals surface area contributed by atoms with Crippen LogP contribution in [0.1, 0.15) is 10.4 Å². The van der Waals surface area contributed by atoms with Gasteiger partial charge < -0.3 is 5.32 Å². The third-order valence-corrected chi connectivity index (χ3v) is 2.16. The number of hydrogen-bond donors (Lipinski definition) is 2. The van der Waals surface area contributed by atoms with E-state index in [1.54, 1.807) is 0 Å². The number of aromatic nitrogens is 2. The summed E-state index contributed by atoms with van der Waals surface area (Å²) in [6, 6.07) is 2.68. The van der Waals surface area contributed by atoms with Gasteiger partial charge in [0.15, 0.2) is 0 Å². The lowest BCUT2D eigenvalue weighted by atomic mass is 10.1. The second-order valence-electron chi connectivity index (χ2n) is 3.36. The largest absolute Gasteiger partial charge is 0.319 e. The van der Waals surface area contributed by atoms with E-state index in [9.17, 15) is 19.3 Å². The first-order valence-electron chi connectivity index (χ1n) is 4.82. The van der Waals surface area contributed by atoms with Crippen LogP contribution >= 0.6 is 0 Å². The molecule has 0 unspecified atom stereocenters. The Morgan fingerprint density at radius 2 is 2.28 bits per heavy atom. The van der Waals surface area contributed by atoms with Crippen molar-refractivity contribution < 1.29 is 14.1 Å². The number of nitro groups is 1. The number of hydrogen-bond acceptors (Lipinski definition) is 4. The Labute approximate surface area is 99.8 Å². The average molecular weight is 250 g/mol. The highest BCUT2D eigenvalue weighted by atomic mass is 19.1. The number of halogens is 1. The standard InChI is InChI=1S/C10H7FN4O3/c11-6-1-2-9(15(17)18)8(3-6)10(16)14-7-4-12-13-5-7/h1-5H,(H,12,13)(H,14,16). The molecule has 1 amide bonds. The highest BCUT2D eigenvalue weighted by Gasteiger charge is 2.21. The fourth-order valence-corrected chi connectivity index (χ4v) is 1.37. The summed E-state index contributed by atoms with van der Waals surface area (Å²) in [4.78, 5) is 21.7. The van der Waals surface area contributed by atoms with Crippen LogP contribution in [0.25, 0.3) is 0 Å². The van der Waals surface area contributed by atoms with Crippen molar-refractivity contribution in [3.05, 3.63) is 52.1 Å². The van der Waals surface area contributed by atoms with E-state index in [2.05, 4.69) is 15.5 Å². The predicted octanol–water partition coefficient (Wildman–Crippen LogP) is 1.71. The number of nitro benzene ring substituents is 1. The number of rotatable bonds is 3. The minimum absolute atomic E-state index is 0.332. The van der Waals surface area contributed by atoms with Gasteiger partial charge in [-0.2, -0.15) is 5.10 Å². The molecule has 2 rings (SSSR count). The van der Waals surface area contributed by atoms with Crippen LogP contribution in [-0.2, 0) is 0 Å². The first-order valence-corrected chi connectivity index (χ1v) is 4.82. The predicted molar refractivity (Wildman–Crippen MR) is 59.6 cm³/mol. The van der Waals surface area contributed by atoms with E-state index in [0.29, 0.717) is 5.69 Å². The van der Waals surface area contributed by atoms with E-state index >= 15 is 0 Å². The number of benzene rings is 1. The van der Waals surface area contributed by atoms with Crippen LogP contribution in [0.15, 0.2) is 30.6 Å². The number of nitrogens with one attached hydrogen (secondary N) is 2. The fourth-order valence-electron chi connectivity index (χ4n) is 1.37. The number of H-pyrrole nitrogens is 1. The van der Waals surface area contributed by atoms with Gasteiger partial charge in [-0.05, 0) is 12.1 Å². The third kappa shape index (κ3) is 2.32. The lowest BCUT2D eigenvalue weighted by Gasteiger charge is -2.03. The molecular weight excluding hydrogens is 243 g/mol. The van der Waals surface area contributed by atoms with Gasteiger partial charge in [0.1, 0.15) is 11.4 Å². The summed E-state index contributed by atoms with van der Waals surface area (Å²) >= 11 is 0. The maximum absolute atomic E-state index is 13.0. The van der Waals surface area contributed by atoms with Crippen molar-refractivity contribution in [3.8, 4) is 0 Å². The summed E-state index contributed by atoms with van der Waals surface area (Å²) in [5, 5.41) is 19.1. The summed E-state index contributed by atoms with van der Waals surface area (Å²) in [5.74, 6) is -1.50. The molecule has 0 fully saturated rings. The van der Waals surface area contributed by atoms with Crippen molar-refractivity contribution >= 4 is 17.3 Å². The Morgan fingerprint density at radius 1 is 1.50 bits per heavy atom. The Bertz CT molecular complexity index is 597. The Balaban J connectivity index is 2.34. The van der Waals surface area contributed by atoms with E-state index in [-0.39, 0.29) is 5.56 Å². The highest BCUT2D eigenvalue weighted by molar-refractivity contribution is 6.06. The Kier molecular flexibility index (Phi) is 3.00. The van der Waals surface area contributed by atoms with Crippen molar-refractivity contribution in [2.75, 3.05) is 5.32 Å². The van der Waals surface area contributed by atoms with Crippen LogP contribution in [-0.4, -0.2) is 21.0 Å². The first-order chi connectivity index (χ1) is 8.58. The number of carbonyl (C=O) groups excluding carboxylic acids is 1. The van der Waals surface area contributed by atoms with Gasteiger partial charge in [-0.15, -0.1) is 0 Å². The van der Waals surface area contributed by atoms with Gasteiger partial charge in [0, 0.05) is 12.3 Å². The molecular formula is C10H7FN4O3. The molecule has 0 aliphatic rings. The van der Waals surface area contributed by atoms with Crippen LogP contribution < -0.4 is 5.32 Å². The summed E-state index contributed by atoms with van der Waals surface area (Å²) in [6.45, 7) is 0. The fraction of sp³-hybridized carbons (Fsp3) is 0. The maximum Gasteiger partial charge on any atom is 0.282 e. The molecule has 1 heterocycles. The lowest BCUT2D eigenvalue weighted by Crippen LogP contribution is -2.13. The van der Waals surface area contributed by atoms with Gasteiger partial charge in [-0.3, -0.25) is 20.0 Å². The van der Waals surface area contributed by atoms with E-state index in [1.807, 2.05) is 0 Å². The number of aromatic amines is 1. The summed E-state index contributed by atoms with van der Waals surface area (Å²) in [7, 11) is 0. The molecule has 2 aromatic rings. The molecule has 0 bridgehead atoms. The van der Waals surface area contributed by atoms with Crippen LogP contribution in [0, 0.1) is 15.9 Å². The number of amides is 1. The molecule has 18 heavy (non-hydrogen) atoms. The average Bonchev–Trinajstić information content (AvgIpc) is 2.81. The molecule has 1 aromatic heterocycles. The van der Waals surface area contributed by atoms with Crippen molar-refractivity contribution in [1.29, 1.82) is 0 Å². The molecule has 1 aromatic carbocycles. The molecule has 0 aliphatic carbocycles. The molecule has 92 valence electrons. The zero-order chi connectivity index (χ0) is 13.1. The smallest absolute Gasteiger partial charge is 0.282 e. The monoisotopic (exact) mass is 250 g/mol. The second-order valence-corrected chi connectivity index (χ2v) is 3.36. The summed E-state index contributed by atoms with van der Waals surface area (Å²) in [5.41, 5.74) is -0.475. The van der Waals surface area contributed by atoms with Crippen LogP contribution in [0.4, 0.5) is 15.8 Å². The zero-order valence-electron chi connectivity index (χ0n) is 8.88. The van der Waals surface area contributed by atoms with E-state index in [4.69, 9.17) is 0 Å². The van der Waals surface area contributed by atoms with Gasteiger partial charge in [0.05, 0.1) is 16.8 Å². The van der Waals surface area contributed by atoms with Crippen molar-refractivity contribution in [2.45, 2.75) is 0 Å². The zero-order valence-corrected chi connectivity index (χ0v) is 8.88. The normalized spacial score (nSPS) is 10.1. The first kappa shape index (κ1) is 11.7. The number of anilines is 1. The molecule has 7 nitrogen and oxygen atoms in total. The Hall–Kier alpha value is -2.77. The van der Waals surface area contributed by atoms with Crippen molar-refractivity contribution in [3.63, 3.8) is 0 Å². The molecule has 0 atom stereocenters. The molecule has 8 heteroatoms. The van der Waals surface area contributed by atoms with Gasteiger partial charge >= 0.3 is 0 Å². The van der Waals surface area contributed by atoms with Crippen molar-refractivity contribution in [2.24, 2.45) is 0 Å². The maximum atomic E-state index is 13.0. The van der Waals surface area contributed by atoms with Crippen molar-refractivity contribution in [1.82, 2.24) is 10.2 Å². The van der Waals surface area contributed by atoms with Gasteiger partial charge in [-0.1, -0.05) is 0 Å². The van der Waals surface area contributed by atoms with E-state index < -0.39 is 22.3 Å². The molecule has 2 N–H and O–H groups in total. The van der Waals surface area contributed by atoms with E-state index in [0.717, 1.165) is 18.2 Å². The molecule has 0 spiro atoms. The van der Waals surface area contributed by atoms with Crippen LogP contribution in [0.5, 0.6) is 0 Å². The highest BCUT2D eigenvalue weighted by Crippen LogP contribution is 2.20. The number of nitrogens with zero attached hydrogens (tertiary/aromatic N) is 2. The minimum atomic E-state index is -0.775. The molecule has 0 aliphatic heterocycles. The topological polar surface area (TPSA) is 101 Å². The Morgan fingerprint density at radius 3 is 2.89 bits per heavy atom. The quantitative estimate of drug-likeness (QED) is 0.639. The number of carbonyl (C=O) groups is 1. The molecule has 0 saturated heterocycles. The third-order valence-electron chi connectivity index (χ3n) is 2.16. The minimum Gasteiger partial charge on any atom is -0.319 e. The summed E-state index contributed by atoms with van der Waals surface area (Å²) < 4.78 is 13.0. The summed E-state index contributed by atoms with van der Waals surface area (Å²) in [6.07, 6.45) is 2.71.